The molecule has 1 saturated heterocycles. The number of ether oxygens (including phenoxy) is 2. The second-order valence-electron chi connectivity index (χ2n) is 10.2. The van der Waals surface area contributed by atoms with Gasteiger partial charge in [-0.25, -0.2) is 13.1 Å². The molecule has 13 heteroatoms. The Morgan fingerprint density at radius 1 is 1.24 bits per heavy atom. The van der Waals surface area contributed by atoms with Gasteiger partial charge < -0.3 is 14.8 Å². The number of aryl methyl sites for hydroxylation is 1. The maximum Gasteiger partial charge on any atom is 0.272 e. The summed E-state index contributed by atoms with van der Waals surface area (Å²) in [6, 6.07) is 8.53. The molecule has 0 saturated carbocycles. The summed E-state index contributed by atoms with van der Waals surface area (Å²) in [4.78, 5) is 23.7. The molecule has 0 aliphatic carbocycles. The zero-order valence-electron chi connectivity index (χ0n) is 23.8. The lowest BCUT2D eigenvalue weighted by Crippen LogP contribution is -2.32. The highest BCUT2D eigenvalue weighted by atomic mass is 32.2. The predicted molar refractivity (Wildman–Crippen MR) is 152 cm³/mol. The number of carbonyl (C=O) groups is 1. The molecular formula is C28H35N5O7S. The molecule has 1 aliphatic heterocycles. The van der Waals surface area contributed by atoms with Crippen molar-refractivity contribution in [1.29, 1.82) is 0 Å². The molecule has 1 aromatic heterocycles. The van der Waals surface area contributed by atoms with E-state index in [1.165, 1.54) is 16.8 Å². The van der Waals surface area contributed by atoms with Crippen LogP contribution in [-0.4, -0.2) is 54.3 Å². The molecular weight excluding hydrogens is 550 g/mol. The van der Waals surface area contributed by atoms with Gasteiger partial charge in [-0.1, -0.05) is 19.1 Å². The number of nitro benzene ring substituents is 1. The lowest BCUT2D eigenvalue weighted by molar-refractivity contribution is -0.385. The van der Waals surface area contributed by atoms with E-state index in [-0.39, 0.29) is 23.4 Å². The Hall–Kier alpha value is -3.81. The molecule has 1 aliphatic rings. The Labute approximate surface area is 239 Å². The lowest BCUT2D eigenvalue weighted by atomic mass is 10.1. The second kappa shape index (κ2) is 12.4. The fourth-order valence-electron chi connectivity index (χ4n) is 4.46. The van der Waals surface area contributed by atoms with Crippen molar-refractivity contribution in [2.45, 2.75) is 70.9 Å². The second-order valence-corrected chi connectivity index (χ2v) is 11.9. The van der Waals surface area contributed by atoms with Crippen LogP contribution in [0.4, 0.5) is 5.69 Å². The molecule has 2 aromatic carbocycles. The average molecular weight is 586 g/mol. The first-order valence-electron chi connectivity index (χ1n) is 13.5. The van der Waals surface area contributed by atoms with Crippen LogP contribution in [0.1, 0.15) is 60.3 Å². The van der Waals surface area contributed by atoms with E-state index in [1.54, 1.807) is 13.8 Å². The molecule has 0 spiro atoms. The highest BCUT2D eigenvalue weighted by Gasteiger charge is 2.29. The summed E-state index contributed by atoms with van der Waals surface area (Å²) >= 11 is 0. The molecule has 1 amide bonds. The topological polar surface area (TPSA) is 155 Å². The fraction of sp³-hybridized carbons (Fsp3) is 0.429. The number of hydrogen-bond acceptors (Lipinski definition) is 8. The van der Waals surface area contributed by atoms with Crippen molar-refractivity contribution < 1.29 is 27.6 Å². The number of benzene rings is 2. The molecule has 1 fully saturated rings. The van der Waals surface area contributed by atoms with Gasteiger partial charge in [-0.05, 0) is 70.2 Å². The normalized spacial score (nSPS) is 16.0. The number of hydrogen-bond donors (Lipinski definition) is 2. The summed E-state index contributed by atoms with van der Waals surface area (Å²) < 4.78 is 42.5. The van der Waals surface area contributed by atoms with E-state index in [4.69, 9.17) is 9.47 Å². The van der Waals surface area contributed by atoms with Crippen molar-refractivity contribution in [1.82, 2.24) is 19.8 Å². The third-order valence-corrected chi connectivity index (χ3v) is 8.82. The van der Waals surface area contributed by atoms with Crippen molar-refractivity contribution in [2.75, 3.05) is 13.2 Å². The molecule has 2 atom stereocenters. The van der Waals surface area contributed by atoms with Crippen molar-refractivity contribution in [3.63, 3.8) is 0 Å². The first kappa shape index (κ1) is 30.2. The number of nitrogens with zero attached hydrogens (tertiary/aromatic N) is 3. The molecule has 2 N–H and O–H groups in total. The third kappa shape index (κ3) is 6.58. The molecule has 0 unspecified atom stereocenters. The van der Waals surface area contributed by atoms with Gasteiger partial charge in [0.15, 0.2) is 5.69 Å². The zero-order chi connectivity index (χ0) is 29.9. The highest BCUT2D eigenvalue weighted by molar-refractivity contribution is 7.89. The molecule has 41 heavy (non-hydrogen) atoms. The maximum atomic E-state index is 13.3. The summed E-state index contributed by atoms with van der Waals surface area (Å²) in [5, 5.41) is 19.0. The first-order chi connectivity index (χ1) is 19.4. The SMILES string of the molecule is CC[C@H](C)NS(=O)(=O)c1cc([N+](=O)[O-])ccc1Oc1c(C)c(C(=O)NC[C@@H]2CCCO2)nn1-c1cccc(C)c1C. The van der Waals surface area contributed by atoms with E-state index in [0.29, 0.717) is 30.8 Å². The fourth-order valence-corrected chi connectivity index (χ4v) is 5.93. The van der Waals surface area contributed by atoms with Crippen LogP contribution in [0.25, 0.3) is 5.69 Å². The lowest BCUT2D eigenvalue weighted by Gasteiger charge is -2.17. The number of nitrogens with one attached hydrogen (secondary N) is 2. The number of non-ortho nitro benzene ring substituents is 1. The van der Waals surface area contributed by atoms with Crippen LogP contribution in [0.3, 0.4) is 0 Å². The number of nitro groups is 1. The van der Waals surface area contributed by atoms with Crippen molar-refractivity contribution in [3.05, 3.63) is 68.9 Å². The largest absolute Gasteiger partial charge is 0.437 e. The summed E-state index contributed by atoms with van der Waals surface area (Å²) in [5.41, 5.74) is 2.54. The van der Waals surface area contributed by atoms with Gasteiger partial charge in [-0.3, -0.25) is 14.9 Å². The van der Waals surface area contributed by atoms with Gasteiger partial charge in [0.1, 0.15) is 10.6 Å². The average Bonchev–Trinajstić information content (AvgIpc) is 3.57. The molecule has 0 bridgehead atoms. The number of amides is 1. The number of carbonyl (C=O) groups excluding carboxylic acids is 1. The quantitative estimate of drug-likeness (QED) is 0.247. The van der Waals surface area contributed by atoms with Gasteiger partial charge in [0.05, 0.1) is 16.7 Å². The molecule has 3 aromatic rings. The van der Waals surface area contributed by atoms with Crippen molar-refractivity contribution in [2.24, 2.45) is 0 Å². The Balaban J connectivity index is 1.82. The highest BCUT2D eigenvalue weighted by Crippen LogP contribution is 2.36. The predicted octanol–water partition coefficient (Wildman–Crippen LogP) is 4.48. The van der Waals surface area contributed by atoms with E-state index >= 15 is 0 Å². The summed E-state index contributed by atoms with van der Waals surface area (Å²) in [5.74, 6) is -0.469. The Morgan fingerprint density at radius 3 is 2.66 bits per heavy atom. The van der Waals surface area contributed by atoms with Crippen LogP contribution < -0.4 is 14.8 Å². The van der Waals surface area contributed by atoms with Crippen LogP contribution in [0, 0.1) is 30.9 Å². The monoisotopic (exact) mass is 585 g/mol. The van der Waals surface area contributed by atoms with Gasteiger partial charge in [-0.15, -0.1) is 0 Å². The van der Waals surface area contributed by atoms with Crippen LogP contribution in [0.15, 0.2) is 41.3 Å². The summed E-state index contributed by atoms with van der Waals surface area (Å²) in [6.07, 6.45) is 2.23. The van der Waals surface area contributed by atoms with E-state index in [9.17, 15) is 23.3 Å². The van der Waals surface area contributed by atoms with Gasteiger partial charge in [0.2, 0.25) is 15.9 Å². The molecule has 0 radical (unpaired) electrons. The Morgan fingerprint density at radius 2 is 2.00 bits per heavy atom. The van der Waals surface area contributed by atoms with Crippen molar-refractivity contribution >= 4 is 21.6 Å². The Bertz CT molecular complexity index is 1560. The van der Waals surface area contributed by atoms with Crippen LogP contribution >= 0.6 is 0 Å². The van der Waals surface area contributed by atoms with E-state index in [2.05, 4.69) is 15.1 Å². The van der Waals surface area contributed by atoms with Crippen molar-refractivity contribution in [3.8, 4) is 17.3 Å². The Kier molecular flexibility index (Phi) is 9.10. The van der Waals surface area contributed by atoms with Gasteiger partial charge in [0, 0.05) is 36.9 Å². The smallest absolute Gasteiger partial charge is 0.272 e. The number of sulfonamides is 1. The zero-order valence-corrected chi connectivity index (χ0v) is 24.6. The van der Waals surface area contributed by atoms with Gasteiger partial charge >= 0.3 is 0 Å². The standard InChI is InChI=1S/C28H35N5O7S/c1-6-18(3)31-41(37,38)25-15-21(33(35)36)12-13-24(25)40-28-20(5)26(27(34)29-16-22-10-8-14-39-22)30-32(28)23-11-7-9-17(2)19(23)4/h7,9,11-13,15,18,22,31H,6,8,10,14,16H2,1-5H3,(H,29,34)/t18-,22-/m0/s1. The minimum absolute atomic E-state index is 0.0676. The molecule has 4 rings (SSSR count). The van der Waals surface area contributed by atoms with Crippen LogP contribution in [0.2, 0.25) is 0 Å². The summed E-state index contributed by atoms with van der Waals surface area (Å²) in [6.45, 7) is 9.99. The number of aromatic nitrogens is 2. The van der Waals surface area contributed by atoms with E-state index in [1.807, 2.05) is 39.0 Å². The molecule has 2 heterocycles. The number of rotatable bonds is 11. The minimum atomic E-state index is -4.21. The van der Waals surface area contributed by atoms with Crippen LogP contribution in [-0.2, 0) is 14.8 Å². The van der Waals surface area contributed by atoms with E-state index in [0.717, 1.165) is 30.0 Å². The third-order valence-electron chi connectivity index (χ3n) is 7.20. The van der Waals surface area contributed by atoms with Crippen LogP contribution in [0.5, 0.6) is 11.6 Å². The molecule has 12 nitrogen and oxygen atoms in total. The first-order valence-corrected chi connectivity index (χ1v) is 15.0. The summed E-state index contributed by atoms with van der Waals surface area (Å²) in [7, 11) is -4.21. The maximum absolute atomic E-state index is 13.3. The van der Waals surface area contributed by atoms with Gasteiger partial charge in [-0.2, -0.15) is 9.78 Å². The van der Waals surface area contributed by atoms with Gasteiger partial charge in [0.25, 0.3) is 11.6 Å². The van der Waals surface area contributed by atoms with E-state index < -0.39 is 37.5 Å². The minimum Gasteiger partial charge on any atom is -0.437 e. The molecule has 220 valence electrons.